The molecule has 1 aromatic rings. The van der Waals surface area contributed by atoms with Crippen molar-refractivity contribution in [3.63, 3.8) is 0 Å². The summed E-state index contributed by atoms with van der Waals surface area (Å²) >= 11 is 0. The summed E-state index contributed by atoms with van der Waals surface area (Å²) in [6.07, 6.45) is 1.23. The number of aromatic nitrogens is 1. The van der Waals surface area contributed by atoms with E-state index in [9.17, 15) is 4.79 Å². The SMILES string of the molecule is CC1CNCC1Oc1cc(C(=O)O)cnc1N.Cl. The summed E-state index contributed by atoms with van der Waals surface area (Å²) in [5.74, 6) is -0.123. The average Bonchev–Trinajstić information content (AvgIpc) is 2.67. The number of nitrogen functional groups attached to an aromatic ring is 1. The first-order valence-corrected chi connectivity index (χ1v) is 5.44. The Balaban J connectivity index is 0.00000162. The highest BCUT2D eigenvalue weighted by molar-refractivity contribution is 5.88. The van der Waals surface area contributed by atoms with Gasteiger partial charge in [0.05, 0.1) is 5.56 Å². The molecule has 0 aliphatic carbocycles. The minimum Gasteiger partial charge on any atom is -0.485 e. The molecule has 0 bridgehead atoms. The fourth-order valence-electron chi connectivity index (χ4n) is 1.77. The Hall–Kier alpha value is -1.53. The predicted molar refractivity (Wildman–Crippen MR) is 69.3 cm³/mol. The van der Waals surface area contributed by atoms with Crippen molar-refractivity contribution < 1.29 is 14.6 Å². The molecule has 2 atom stereocenters. The molecule has 7 heteroatoms. The summed E-state index contributed by atoms with van der Waals surface area (Å²) < 4.78 is 5.70. The van der Waals surface area contributed by atoms with Crippen LogP contribution in [0, 0.1) is 5.92 Å². The maximum Gasteiger partial charge on any atom is 0.337 e. The number of carbonyl (C=O) groups is 1. The number of hydrogen-bond acceptors (Lipinski definition) is 5. The van der Waals surface area contributed by atoms with Crippen LogP contribution in [-0.4, -0.2) is 35.3 Å². The van der Waals surface area contributed by atoms with Crippen LogP contribution in [0.3, 0.4) is 0 Å². The van der Waals surface area contributed by atoms with E-state index in [1.165, 1.54) is 12.3 Å². The second-order valence-electron chi connectivity index (χ2n) is 4.20. The lowest BCUT2D eigenvalue weighted by atomic mass is 10.1. The highest BCUT2D eigenvalue weighted by Gasteiger charge is 2.25. The molecule has 1 saturated heterocycles. The van der Waals surface area contributed by atoms with Crippen LogP contribution in [0.1, 0.15) is 17.3 Å². The van der Waals surface area contributed by atoms with Gasteiger partial charge < -0.3 is 20.9 Å². The monoisotopic (exact) mass is 273 g/mol. The van der Waals surface area contributed by atoms with Gasteiger partial charge in [0.1, 0.15) is 6.10 Å². The van der Waals surface area contributed by atoms with Gasteiger partial charge in [0.2, 0.25) is 0 Å². The van der Waals surface area contributed by atoms with Crippen LogP contribution in [0.2, 0.25) is 0 Å². The number of nitrogens with two attached hydrogens (primary N) is 1. The summed E-state index contributed by atoms with van der Waals surface area (Å²) in [6.45, 7) is 3.68. The van der Waals surface area contributed by atoms with E-state index < -0.39 is 5.97 Å². The molecule has 2 rings (SSSR count). The van der Waals surface area contributed by atoms with E-state index in [1.807, 2.05) is 0 Å². The molecule has 2 heterocycles. The molecule has 1 aromatic heterocycles. The normalized spacial score (nSPS) is 22.3. The number of anilines is 1. The first kappa shape index (κ1) is 14.5. The van der Waals surface area contributed by atoms with Crippen LogP contribution in [0.5, 0.6) is 5.75 Å². The van der Waals surface area contributed by atoms with Crippen LogP contribution in [0.25, 0.3) is 0 Å². The lowest BCUT2D eigenvalue weighted by molar-refractivity contribution is 0.0695. The zero-order valence-corrected chi connectivity index (χ0v) is 10.7. The van der Waals surface area contributed by atoms with E-state index in [0.717, 1.165) is 13.1 Å². The van der Waals surface area contributed by atoms with Crippen molar-refractivity contribution >= 4 is 24.2 Å². The number of nitrogens with one attached hydrogen (secondary N) is 1. The molecule has 100 valence electrons. The smallest absolute Gasteiger partial charge is 0.337 e. The first-order chi connectivity index (χ1) is 8.08. The molecule has 1 aliphatic rings. The molecule has 1 fully saturated rings. The van der Waals surface area contributed by atoms with Gasteiger partial charge in [-0.1, -0.05) is 6.92 Å². The van der Waals surface area contributed by atoms with Gasteiger partial charge in [-0.25, -0.2) is 9.78 Å². The maximum absolute atomic E-state index is 10.8. The number of nitrogens with zero attached hydrogens (tertiary/aromatic N) is 1. The molecule has 0 spiro atoms. The number of ether oxygens (including phenoxy) is 1. The molecule has 0 radical (unpaired) electrons. The van der Waals surface area contributed by atoms with E-state index in [-0.39, 0.29) is 29.9 Å². The zero-order chi connectivity index (χ0) is 12.4. The van der Waals surface area contributed by atoms with Gasteiger partial charge in [0, 0.05) is 31.3 Å². The molecule has 0 aromatic carbocycles. The highest BCUT2D eigenvalue weighted by Crippen LogP contribution is 2.24. The van der Waals surface area contributed by atoms with E-state index in [1.54, 1.807) is 0 Å². The first-order valence-electron chi connectivity index (χ1n) is 5.44. The number of rotatable bonds is 3. The Bertz CT molecular complexity index is 442. The molecule has 0 amide bonds. The largest absolute Gasteiger partial charge is 0.485 e. The Kier molecular flexibility index (Phi) is 4.75. The van der Waals surface area contributed by atoms with Crippen molar-refractivity contribution in [1.82, 2.24) is 10.3 Å². The number of aromatic carboxylic acids is 1. The van der Waals surface area contributed by atoms with E-state index in [4.69, 9.17) is 15.6 Å². The minimum absolute atomic E-state index is 0. The third-order valence-electron chi connectivity index (χ3n) is 2.85. The van der Waals surface area contributed by atoms with Gasteiger partial charge in [-0.2, -0.15) is 0 Å². The molecule has 6 nitrogen and oxygen atoms in total. The van der Waals surface area contributed by atoms with Gasteiger partial charge >= 0.3 is 5.97 Å². The van der Waals surface area contributed by atoms with Gasteiger partial charge in [-0.3, -0.25) is 0 Å². The highest BCUT2D eigenvalue weighted by atomic mass is 35.5. The van der Waals surface area contributed by atoms with Crippen molar-refractivity contribution in [2.75, 3.05) is 18.8 Å². The van der Waals surface area contributed by atoms with Crippen LogP contribution in [-0.2, 0) is 0 Å². The minimum atomic E-state index is -1.04. The Morgan fingerprint density at radius 3 is 2.89 bits per heavy atom. The van der Waals surface area contributed by atoms with Crippen molar-refractivity contribution in [3.05, 3.63) is 17.8 Å². The second-order valence-corrected chi connectivity index (χ2v) is 4.20. The van der Waals surface area contributed by atoms with Crippen LogP contribution in [0.4, 0.5) is 5.82 Å². The Morgan fingerprint density at radius 2 is 2.33 bits per heavy atom. The fraction of sp³-hybridized carbons (Fsp3) is 0.455. The molecule has 1 aliphatic heterocycles. The molecular formula is C11H16ClN3O3. The number of hydrogen-bond donors (Lipinski definition) is 3. The summed E-state index contributed by atoms with van der Waals surface area (Å²) in [4.78, 5) is 14.6. The molecular weight excluding hydrogens is 258 g/mol. The summed E-state index contributed by atoms with van der Waals surface area (Å²) in [5.41, 5.74) is 5.74. The van der Waals surface area contributed by atoms with E-state index in [2.05, 4.69) is 17.2 Å². The summed E-state index contributed by atoms with van der Waals surface area (Å²) in [7, 11) is 0. The Morgan fingerprint density at radius 1 is 1.61 bits per heavy atom. The van der Waals surface area contributed by atoms with E-state index in [0.29, 0.717) is 11.7 Å². The van der Waals surface area contributed by atoms with Gasteiger partial charge in [0.15, 0.2) is 11.6 Å². The van der Waals surface area contributed by atoms with Crippen molar-refractivity contribution in [2.45, 2.75) is 13.0 Å². The number of halogens is 1. The van der Waals surface area contributed by atoms with Crippen LogP contribution in [0.15, 0.2) is 12.3 Å². The number of carboxylic acid groups (broad SMARTS) is 1. The van der Waals surface area contributed by atoms with Crippen molar-refractivity contribution in [1.29, 1.82) is 0 Å². The van der Waals surface area contributed by atoms with E-state index >= 15 is 0 Å². The van der Waals surface area contributed by atoms with Gasteiger partial charge in [-0.15, -0.1) is 12.4 Å². The molecule has 18 heavy (non-hydrogen) atoms. The quantitative estimate of drug-likeness (QED) is 0.753. The van der Waals surface area contributed by atoms with Gasteiger partial charge in [0.25, 0.3) is 0 Å². The van der Waals surface area contributed by atoms with Crippen LogP contribution < -0.4 is 15.8 Å². The third-order valence-corrected chi connectivity index (χ3v) is 2.85. The van der Waals surface area contributed by atoms with Crippen molar-refractivity contribution in [3.8, 4) is 5.75 Å². The number of carboxylic acids is 1. The molecule has 4 N–H and O–H groups in total. The second kappa shape index (κ2) is 5.88. The third kappa shape index (κ3) is 3.02. The summed E-state index contributed by atoms with van der Waals surface area (Å²) in [6, 6.07) is 1.41. The van der Waals surface area contributed by atoms with Gasteiger partial charge in [-0.05, 0) is 0 Å². The maximum atomic E-state index is 10.8. The fourth-order valence-corrected chi connectivity index (χ4v) is 1.77. The lowest BCUT2D eigenvalue weighted by Crippen LogP contribution is -2.25. The standard InChI is InChI=1S/C11H15N3O3.ClH/c1-6-3-13-5-9(6)17-8-2-7(11(15)16)4-14-10(8)12;/h2,4,6,9,13H,3,5H2,1H3,(H2,12,14)(H,15,16);1H. The van der Waals surface area contributed by atoms with Crippen molar-refractivity contribution in [2.24, 2.45) is 5.92 Å². The Labute approximate surface area is 111 Å². The lowest BCUT2D eigenvalue weighted by Gasteiger charge is -2.17. The van der Waals surface area contributed by atoms with Crippen LogP contribution >= 0.6 is 12.4 Å². The predicted octanol–water partition coefficient (Wildman–Crippen LogP) is 0.770. The topological polar surface area (TPSA) is 97.5 Å². The zero-order valence-electron chi connectivity index (χ0n) is 9.92. The average molecular weight is 274 g/mol. The summed E-state index contributed by atoms with van der Waals surface area (Å²) in [5, 5.41) is 12.1. The number of pyridine rings is 1. The molecule has 2 unspecified atom stereocenters. The molecule has 0 saturated carbocycles.